The van der Waals surface area contributed by atoms with Crippen LogP contribution in [0.3, 0.4) is 0 Å². The lowest BCUT2D eigenvalue weighted by Crippen LogP contribution is -2.41. The van der Waals surface area contributed by atoms with E-state index in [1.807, 2.05) is 4.90 Å². The van der Waals surface area contributed by atoms with Crippen molar-refractivity contribution in [2.45, 2.75) is 39.5 Å². The van der Waals surface area contributed by atoms with Crippen LogP contribution in [0.4, 0.5) is 4.79 Å². The third kappa shape index (κ3) is 6.51. The van der Waals surface area contributed by atoms with Crippen molar-refractivity contribution in [2.75, 3.05) is 32.8 Å². The van der Waals surface area contributed by atoms with E-state index in [-0.39, 0.29) is 6.03 Å². The van der Waals surface area contributed by atoms with Crippen molar-refractivity contribution < 1.29 is 9.53 Å². The topological polar surface area (TPSA) is 41.6 Å². The molecular formula is C13H26N2O2. The van der Waals surface area contributed by atoms with Gasteiger partial charge >= 0.3 is 6.03 Å². The minimum Gasteiger partial charge on any atom is -0.379 e. The Labute approximate surface area is 105 Å². The molecule has 0 spiro atoms. The number of hydrogen-bond acceptors (Lipinski definition) is 2. The Hall–Kier alpha value is -0.770. The molecule has 4 heteroatoms. The summed E-state index contributed by atoms with van der Waals surface area (Å²) in [5.74, 6) is 0.552. The first-order valence-corrected chi connectivity index (χ1v) is 6.80. The van der Waals surface area contributed by atoms with Crippen molar-refractivity contribution in [3.05, 3.63) is 0 Å². The average Bonchev–Trinajstić information content (AvgIpc) is 2.56. The van der Waals surface area contributed by atoms with E-state index in [0.29, 0.717) is 19.1 Å². The molecule has 0 unspecified atom stereocenters. The van der Waals surface area contributed by atoms with Crippen LogP contribution in [0, 0.1) is 5.92 Å². The number of ether oxygens (including phenoxy) is 1. The van der Waals surface area contributed by atoms with Crippen molar-refractivity contribution in [1.82, 2.24) is 10.2 Å². The second-order valence-corrected chi connectivity index (χ2v) is 5.10. The molecule has 0 saturated carbocycles. The third-order valence-electron chi connectivity index (χ3n) is 2.87. The van der Waals surface area contributed by atoms with Gasteiger partial charge in [-0.3, -0.25) is 0 Å². The van der Waals surface area contributed by atoms with Crippen LogP contribution in [0.2, 0.25) is 0 Å². The summed E-state index contributed by atoms with van der Waals surface area (Å²) < 4.78 is 5.42. The SMILES string of the molecule is CC(C)COCCNC(=O)N1CCCCCC1. The molecule has 17 heavy (non-hydrogen) atoms. The standard InChI is InChI=1S/C13H26N2O2/c1-12(2)11-17-10-7-14-13(16)15-8-5-3-4-6-9-15/h12H,3-11H2,1-2H3,(H,14,16). The number of urea groups is 1. The van der Waals surface area contributed by atoms with Gasteiger partial charge in [-0.1, -0.05) is 26.7 Å². The number of rotatable bonds is 5. The zero-order valence-corrected chi connectivity index (χ0v) is 11.2. The molecule has 1 saturated heterocycles. The molecule has 1 aliphatic heterocycles. The van der Waals surface area contributed by atoms with Gasteiger partial charge in [-0.15, -0.1) is 0 Å². The Morgan fingerprint density at radius 3 is 2.47 bits per heavy atom. The predicted octanol–water partition coefficient (Wildman–Crippen LogP) is 2.24. The van der Waals surface area contributed by atoms with Gasteiger partial charge in [0.2, 0.25) is 0 Å². The van der Waals surface area contributed by atoms with Gasteiger partial charge in [0.1, 0.15) is 0 Å². The van der Waals surface area contributed by atoms with Crippen LogP contribution in [0.1, 0.15) is 39.5 Å². The molecule has 100 valence electrons. The largest absolute Gasteiger partial charge is 0.379 e. The number of carbonyl (C=O) groups is 1. The Kier molecular flexibility index (Phi) is 7.01. The fourth-order valence-electron chi connectivity index (χ4n) is 1.93. The first-order valence-electron chi connectivity index (χ1n) is 6.80. The molecule has 0 aromatic heterocycles. The van der Waals surface area contributed by atoms with E-state index in [4.69, 9.17) is 4.74 Å². The zero-order valence-electron chi connectivity index (χ0n) is 11.2. The van der Waals surface area contributed by atoms with Crippen LogP contribution >= 0.6 is 0 Å². The number of nitrogens with zero attached hydrogens (tertiary/aromatic N) is 1. The molecule has 1 heterocycles. The molecule has 2 amide bonds. The molecule has 0 radical (unpaired) electrons. The second kappa shape index (κ2) is 8.34. The van der Waals surface area contributed by atoms with E-state index >= 15 is 0 Å². The molecular weight excluding hydrogens is 216 g/mol. The molecule has 1 fully saturated rings. The minimum atomic E-state index is 0.0695. The van der Waals surface area contributed by atoms with Crippen molar-refractivity contribution in [2.24, 2.45) is 5.92 Å². The smallest absolute Gasteiger partial charge is 0.317 e. The first kappa shape index (κ1) is 14.3. The number of likely N-dealkylation sites (tertiary alicyclic amines) is 1. The van der Waals surface area contributed by atoms with E-state index < -0.39 is 0 Å². The van der Waals surface area contributed by atoms with Gasteiger partial charge in [0.15, 0.2) is 0 Å². The monoisotopic (exact) mass is 242 g/mol. The van der Waals surface area contributed by atoms with Crippen LogP contribution in [0.25, 0.3) is 0 Å². The van der Waals surface area contributed by atoms with E-state index in [9.17, 15) is 4.79 Å². The van der Waals surface area contributed by atoms with Gasteiger partial charge in [-0.05, 0) is 18.8 Å². The van der Waals surface area contributed by atoms with Crippen molar-refractivity contribution in [3.63, 3.8) is 0 Å². The molecule has 0 aromatic carbocycles. The fourth-order valence-corrected chi connectivity index (χ4v) is 1.93. The lowest BCUT2D eigenvalue weighted by Gasteiger charge is -2.20. The van der Waals surface area contributed by atoms with Gasteiger partial charge in [-0.2, -0.15) is 0 Å². The summed E-state index contributed by atoms with van der Waals surface area (Å²) in [6.45, 7) is 8.03. The first-order chi connectivity index (χ1) is 8.20. The quantitative estimate of drug-likeness (QED) is 0.751. The number of carbonyl (C=O) groups excluding carboxylic acids is 1. The number of amides is 2. The summed E-state index contributed by atoms with van der Waals surface area (Å²) in [5, 5.41) is 2.92. The lowest BCUT2D eigenvalue weighted by molar-refractivity contribution is 0.111. The maximum absolute atomic E-state index is 11.8. The molecule has 1 N–H and O–H groups in total. The number of hydrogen-bond donors (Lipinski definition) is 1. The zero-order chi connectivity index (χ0) is 12.5. The minimum absolute atomic E-state index is 0.0695. The number of nitrogens with one attached hydrogen (secondary N) is 1. The lowest BCUT2D eigenvalue weighted by atomic mass is 10.2. The van der Waals surface area contributed by atoms with Crippen molar-refractivity contribution in [3.8, 4) is 0 Å². The van der Waals surface area contributed by atoms with Crippen LogP contribution in [-0.2, 0) is 4.74 Å². The molecule has 0 aromatic rings. The van der Waals surface area contributed by atoms with Gasteiger partial charge in [0.05, 0.1) is 6.61 Å². The van der Waals surface area contributed by atoms with Gasteiger partial charge in [0, 0.05) is 26.2 Å². The van der Waals surface area contributed by atoms with E-state index in [1.54, 1.807) is 0 Å². The average molecular weight is 242 g/mol. The Balaban J connectivity index is 2.07. The maximum Gasteiger partial charge on any atom is 0.317 e. The summed E-state index contributed by atoms with van der Waals surface area (Å²) >= 11 is 0. The Bertz CT molecular complexity index is 211. The molecule has 0 bridgehead atoms. The van der Waals surface area contributed by atoms with Crippen LogP contribution in [-0.4, -0.2) is 43.8 Å². The molecule has 4 nitrogen and oxygen atoms in total. The molecule has 0 aliphatic carbocycles. The Morgan fingerprint density at radius 2 is 1.88 bits per heavy atom. The van der Waals surface area contributed by atoms with Crippen molar-refractivity contribution in [1.29, 1.82) is 0 Å². The molecule has 1 aliphatic rings. The summed E-state index contributed by atoms with van der Waals surface area (Å²) in [5.41, 5.74) is 0. The van der Waals surface area contributed by atoms with Gasteiger partial charge in [-0.25, -0.2) is 4.79 Å². The maximum atomic E-state index is 11.8. The second-order valence-electron chi connectivity index (χ2n) is 5.10. The van der Waals surface area contributed by atoms with Gasteiger partial charge < -0.3 is 15.0 Å². The summed E-state index contributed by atoms with van der Waals surface area (Å²) in [6.07, 6.45) is 4.77. The van der Waals surface area contributed by atoms with Crippen molar-refractivity contribution >= 4 is 6.03 Å². The highest BCUT2D eigenvalue weighted by atomic mass is 16.5. The molecule has 0 atom stereocenters. The summed E-state index contributed by atoms with van der Waals surface area (Å²) in [7, 11) is 0. The normalized spacial score (nSPS) is 17.0. The predicted molar refractivity (Wildman–Crippen MR) is 69.1 cm³/mol. The van der Waals surface area contributed by atoms with Crippen LogP contribution in [0.5, 0.6) is 0 Å². The van der Waals surface area contributed by atoms with Gasteiger partial charge in [0.25, 0.3) is 0 Å². The fraction of sp³-hybridized carbons (Fsp3) is 0.923. The highest BCUT2D eigenvalue weighted by Gasteiger charge is 2.14. The summed E-state index contributed by atoms with van der Waals surface area (Å²) in [6, 6.07) is 0.0695. The van der Waals surface area contributed by atoms with Crippen LogP contribution < -0.4 is 5.32 Å². The third-order valence-corrected chi connectivity index (χ3v) is 2.87. The Morgan fingerprint density at radius 1 is 1.24 bits per heavy atom. The van der Waals surface area contributed by atoms with Crippen LogP contribution in [0.15, 0.2) is 0 Å². The highest BCUT2D eigenvalue weighted by Crippen LogP contribution is 2.09. The summed E-state index contributed by atoms with van der Waals surface area (Å²) in [4.78, 5) is 13.7. The van der Waals surface area contributed by atoms with E-state index in [0.717, 1.165) is 32.5 Å². The highest BCUT2D eigenvalue weighted by molar-refractivity contribution is 5.74. The molecule has 1 rings (SSSR count). The van der Waals surface area contributed by atoms with E-state index in [1.165, 1.54) is 12.8 Å². The van der Waals surface area contributed by atoms with E-state index in [2.05, 4.69) is 19.2 Å².